The highest BCUT2D eigenvalue weighted by molar-refractivity contribution is 5.73. The van der Waals surface area contributed by atoms with Crippen molar-refractivity contribution in [3.05, 3.63) is 29.3 Å². The molecule has 0 bridgehead atoms. The predicted molar refractivity (Wildman–Crippen MR) is 80.3 cm³/mol. The lowest BCUT2D eigenvalue weighted by molar-refractivity contribution is -0.129. The third-order valence-electron chi connectivity index (χ3n) is 4.62. The molecule has 1 aromatic carbocycles. The van der Waals surface area contributed by atoms with Gasteiger partial charge in [0.05, 0.1) is 0 Å². The summed E-state index contributed by atoms with van der Waals surface area (Å²) in [6.45, 7) is 3.42. The molecule has 4 heteroatoms. The van der Waals surface area contributed by atoms with E-state index in [4.69, 9.17) is 5.73 Å². The van der Waals surface area contributed by atoms with Gasteiger partial charge in [0, 0.05) is 37.8 Å². The Balaban J connectivity index is 1.60. The van der Waals surface area contributed by atoms with Crippen LogP contribution in [0.3, 0.4) is 0 Å². The number of nitrogen functional groups attached to an aromatic ring is 1. The first-order valence-corrected chi connectivity index (χ1v) is 7.53. The van der Waals surface area contributed by atoms with Crippen LogP contribution in [-0.2, 0) is 11.2 Å². The van der Waals surface area contributed by atoms with Crippen molar-refractivity contribution in [2.45, 2.75) is 44.7 Å². The molecule has 0 spiro atoms. The SMILES string of the molecule is CC(=O)N1CCC(NC2CCc3cc(N)ccc32)CC1. The molecule has 4 nitrogen and oxygen atoms in total. The summed E-state index contributed by atoms with van der Waals surface area (Å²) in [6, 6.07) is 7.26. The zero-order valence-corrected chi connectivity index (χ0v) is 12.1. The smallest absolute Gasteiger partial charge is 0.219 e. The number of likely N-dealkylation sites (tertiary alicyclic amines) is 1. The van der Waals surface area contributed by atoms with Crippen molar-refractivity contribution < 1.29 is 4.79 Å². The summed E-state index contributed by atoms with van der Waals surface area (Å²) >= 11 is 0. The monoisotopic (exact) mass is 273 g/mol. The zero-order valence-electron chi connectivity index (χ0n) is 12.1. The van der Waals surface area contributed by atoms with E-state index < -0.39 is 0 Å². The summed E-state index contributed by atoms with van der Waals surface area (Å²) in [5.41, 5.74) is 9.51. The number of hydrogen-bond donors (Lipinski definition) is 2. The van der Waals surface area contributed by atoms with Gasteiger partial charge in [0.1, 0.15) is 0 Å². The van der Waals surface area contributed by atoms with Gasteiger partial charge in [-0.2, -0.15) is 0 Å². The zero-order chi connectivity index (χ0) is 14.1. The van der Waals surface area contributed by atoms with Crippen LogP contribution in [0.5, 0.6) is 0 Å². The lowest BCUT2D eigenvalue weighted by atomic mass is 10.0. The minimum atomic E-state index is 0.199. The summed E-state index contributed by atoms with van der Waals surface area (Å²) in [6.07, 6.45) is 4.39. The highest BCUT2D eigenvalue weighted by Gasteiger charge is 2.27. The van der Waals surface area contributed by atoms with E-state index in [-0.39, 0.29) is 5.91 Å². The Labute approximate surface area is 120 Å². The van der Waals surface area contributed by atoms with Gasteiger partial charge >= 0.3 is 0 Å². The van der Waals surface area contributed by atoms with Crippen LogP contribution in [0.25, 0.3) is 0 Å². The van der Waals surface area contributed by atoms with E-state index in [1.165, 1.54) is 11.1 Å². The minimum absolute atomic E-state index is 0.199. The molecule has 1 saturated heterocycles. The average molecular weight is 273 g/mol. The van der Waals surface area contributed by atoms with Gasteiger partial charge < -0.3 is 16.0 Å². The van der Waals surface area contributed by atoms with Crippen molar-refractivity contribution in [2.75, 3.05) is 18.8 Å². The number of piperidine rings is 1. The maximum atomic E-state index is 11.3. The topological polar surface area (TPSA) is 58.4 Å². The van der Waals surface area contributed by atoms with Gasteiger partial charge in [0.25, 0.3) is 0 Å². The first-order chi connectivity index (χ1) is 9.63. The van der Waals surface area contributed by atoms with Gasteiger partial charge in [0.15, 0.2) is 0 Å². The van der Waals surface area contributed by atoms with Crippen LogP contribution in [0.2, 0.25) is 0 Å². The number of amides is 1. The average Bonchev–Trinajstić information content (AvgIpc) is 2.81. The maximum absolute atomic E-state index is 11.3. The van der Waals surface area contributed by atoms with E-state index in [2.05, 4.69) is 17.4 Å². The predicted octanol–water partition coefficient (Wildman–Crippen LogP) is 1.86. The Morgan fingerprint density at radius 3 is 2.75 bits per heavy atom. The highest BCUT2D eigenvalue weighted by Crippen LogP contribution is 2.33. The summed E-state index contributed by atoms with van der Waals surface area (Å²) in [7, 11) is 0. The van der Waals surface area contributed by atoms with Crippen molar-refractivity contribution >= 4 is 11.6 Å². The first-order valence-electron chi connectivity index (χ1n) is 7.53. The van der Waals surface area contributed by atoms with Crippen LogP contribution in [0.15, 0.2) is 18.2 Å². The quantitative estimate of drug-likeness (QED) is 0.809. The number of nitrogens with one attached hydrogen (secondary N) is 1. The Morgan fingerprint density at radius 1 is 1.30 bits per heavy atom. The van der Waals surface area contributed by atoms with E-state index >= 15 is 0 Å². The third-order valence-corrected chi connectivity index (χ3v) is 4.62. The number of carbonyl (C=O) groups is 1. The summed E-state index contributed by atoms with van der Waals surface area (Å²) < 4.78 is 0. The fourth-order valence-electron chi connectivity index (χ4n) is 3.46. The van der Waals surface area contributed by atoms with Crippen LogP contribution in [0.4, 0.5) is 5.69 Å². The number of nitrogens with zero attached hydrogens (tertiary/aromatic N) is 1. The molecule has 0 saturated carbocycles. The lowest BCUT2D eigenvalue weighted by Gasteiger charge is -2.33. The van der Waals surface area contributed by atoms with Crippen LogP contribution in [0, 0.1) is 0 Å². The minimum Gasteiger partial charge on any atom is -0.399 e. The molecule has 20 heavy (non-hydrogen) atoms. The number of fused-ring (bicyclic) bond motifs is 1. The van der Waals surface area contributed by atoms with Gasteiger partial charge in [0.2, 0.25) is 5.91 Å². The van der Waals surface area contributed by atoms with Crippen LogP contribution < -0.4 is 11.1 Å². The number of nitrogens with two attached hydrogens (primary N) is 1. The van der Waals surface area contributed by atoms with Crippen LogP contribution in [0.1, 0.15) is 43.4 Å². The standard InChI is InChI=1S/C16H23N3O/c1-11(20)19-8-6-14(7-9-19)18-16-5-2-12-10-13(17)3-4-15(12)16/h3-4,10,14,16,18H,2,5-9,17H2,1H3. The van der Waals surface area contributed by atoms with Gasteiger partial charge in [-0.15, -0.1) is 0 Å². The Hall–Kier alpha value is -1.55. The molecule has 108 valence electrons. The molecule has 1 atom stereocenters. The van der Waals surface area contributed by atoms with E-state index in [0.717, 1.165) is 44.5 Å². The van der Waals surface area contributed by atoms with Crippen LogP contribution in [-0.4, -0.2) is 29.9 Å². The number of carbonyl (C=O) groups excluding carboxylic acids is 1. The van der Waals surface area contributed by atoms with Gasteiger partial charge in [-0.05, 0) is 48.9 Å². The molecule has 3 N–H and O–H groups in total. The largest absolute Gasteiger partial charge is 0.399 e. The second-order valence-electron chi connectivity index (χ2n) is 6.00. The normalized spacial score (nSPS) is 22.9. The summed E-state index contributed by atoms with van der Waals surface area (Å²) in [5, 5.41) is 3.77. The third kappa shape index (κ3) is 2.66. The number of rotatable bonds is 2. The number of benzene rings is 1. The molecule has 0 aromatic heterocycles. The summed E-state index contributed by atoms with van der Waals surface area (Å²) in [4.78, 5) is 13.3. The van der Waals surface area contributed by atoms with Crippen LogP contribution >= 0.6 is 0 Å². The molecule has 1 fully saturated rings. The first kappa shape index (κ1) is 13.4. The number of hydrogen-bond acceptors (Lipinski definition) is 3. The number of anilines is 1. The van der Waals surface area contributed by atoms with E-state index in [0.29, 0.717) is 12.1 Å². The molecule has 1 amide bonds. The van der Waals surface area contributed by atoms with E-state index in [1.54, 1.807) is 6.92 Å². The molecular weight excluding hydrogens is 250 g/mol. The molecule has 2 aliphatic rings. The molecule has 1 unspecified atom stereocenters. The Bertz CT molecular complexity index is 506. The van der Waals surface area contributed by atoms with E-state index in [9.17, 15) is 4.79 Å². The Morgan fingerprint density at radius 2 is 2.05 bits per heavy atom. The maximum Gasteiger partial charge on any atom is 0.219 e. The van der Waals surface area contributed by atoms with E-state index in [1.807, 2.05) is 11.0 Å². The van der Waals surface area contributed by atoms with Crippen molar-refractivity contribution in [3.8, 4) is 0 Å². The fraction of sp³-hybridized carbons (Fsp3) is 0.562. The Kier molecular flexibility index (Phi) is 3.66. The molecule has 3 rings (SSSR count). The van der Waals surface area contributed by atoms with Gasteiger partial charge in [-0.1, -0.05) is 6.07 Å². The fourth-order valence-corrected chi connectivity index (χ4v) is 3.46. The highest BCUT2D eigenvalue weighted by atomic mass is 16.2. The molecule has 1 aliphatic heterocycles. The van der Waals surface area contributed by atoms with Gasteiger partial charge in [-0.25, -0.2) is 0 Å². The second-order valence-corrected chi connectivity index (χ2v) is 6.00. The molecular formula is C16H23N3O. The van der Waals surface area contributed by atoms with Gasteiger partial charge in [-0.3, -0.25) is 4.79 Å². The molecule has 1 aromatic rings. The molecule has 1 heterocycles. The summed E-state index contributed by atoms with van der Waals surface area (Å²) in [5.74, 6) is 0.199. The lowest BCUT2D eigenvalue weighted by Crippen LogP contribution is -2.44. The second kappa shape index (κ2) is 5.44. The molecule has 0 radical (unpaired) electrons. The van der Waals surface area contributed by atoms with Crippen molar-refractivity contribution in [2.24, 2.45) is 0 Å². The van der Waals surface area contributed by atoms with Crippen molar-refractivity contribution in [1.29, 1.82) is 0 Å². The molecule has 1 aliphatic carbocycles. The number of aryl methyl sites for hydroxylation is 1. The van der Waals surface area contributed by atoms with Crippen molar-refractivity contribution in [3.63, 3.8) is 0 Å². The van der Waals surface area contributed by atoms with Crippen molar-refractivity contribution in [1.82, 2.24) is 10.2 Å².